The van der Waals surface area contributed by atoms with E-state index in [4.69, 9.17) is 19.4 Å². The van der Waals surface area contributed by atoms with Gasteiger partial charge in [-0.1, -0.05) is 6.42 Å². The lowest BCUT2D eigenvalue weighted by molar-refractivity contribution is -0.132. The third-order valence-electron chi connectivity index (χ3n) is 5.10. The van der Waals surface area contributed by atoms with Gasteiger partial charge in [0, 0.05) is 37.6 Å². The van der Waals surface area contributed by atoms with E-state index in [2.05, 4.69) is 43.8 Å². The molecule has 0 aliphatic carbocycles. The number of nitrogens with one attached hydrogen (secondary N) is 1. The first kappa shape index (κ1) is 27.6. The number of nitrogens with zero attached hydrogens (tertiary/aromatic N) is 3. The Bertz CT molecular complexity index is 591. The summed E-state index contributed by atoms with van der Waals surface area (Å²) in [5, 5.41) is 19.7. The van der Waals surface area contributed by atoms with Crippen LogP contribution in [-0.4, -0.2) is 70.6 Å². The van der Waals surface area contributed by atoms with E-state index in [1.165, 1.54) is 0 Å². The van der Waals surface area contributed by atoms with Gasteiger partial charge < -0.3 is 24.4 Å². The second-order valence-corrected chi connectivity index (χ2v) is 9.85. The topological polar surface area (TPSA) is 115 Å². The minimum Gasteiger partial charge on any atom is -0.465 e. The average Bonchev–Trinajstić information content (AvgIpc) is 3.04. The molecule has 31 heavy (non-hydrogen) atoms. The summed E-state index contributed by atoms with van der Waals surface area (Å²) in [6, 6.07) is 2.68. The first-order valence-electron chi connectivity index (χ1n) is 11.2. The van der Waals surface area contributed by atoms with Crippen molar-refractivity contribution >= 4 is 20.5 Å². The smallest absolute Gasteiger partial charge is 0.404 e. The van der Waals surface area contributed by atoms with Crippen molar-refractivity contribution < 1.29 is 23.7 Å². The molecule has 0 saturated carbocycles. The normalized spacial score (nSPS) is 19.8. The van der Waals surface area contributed by atoms with Gasteiger partial charge in [0.2, 0.25) is 5.91 Å². The van der Waals surface area contributed by atoms with Crippen LogP contribution in [0.25, 0.3) is 0 Å². The molecule has 178 valence electrons. The molecule has 9 nitrogen and oxygen atoms in total. The molecule has 1 aliphatic rings. The van der Waals surface area contributed by atoms with Gasteiger partial charge in [-0.15, -0.1) is 0 Å². The largest absolute Gasteiger partial charge is 0.465 e. The van der Waals surface area contributed by atoms with Crippen LogP contribution >= 0.6 is 8.53 Å². The quantitative estimate of drug-likeness (QED) is 0.297. The predicted octanol–water partition coefficient (Wildman–Crippen LogP) is 4.10. The Kier molecular flexibility index (Phi) is 13.0. The van der Waals surface area contributed by atoms with E-state index in [0.29, 0.717) is 32.5 Å². The van der Waals surface area contributed by atoms with E-state index in [9.17, 15) is 9.59 Å². The minimum atomic E-state index is -1.32. The number of carbonyl (C=O) groups is 2. The Morgan fingerprint density at radius 3 is 2.52 bits per heavy atom. The Labute approximate surface area is 188 Å². The maximum atomic E-state index is 12.7. The summed E-state index contributed by atoms with van der Waals surface area (Å²) in [6.07, 6.45) is 2.72. The molecule has 0 aromatic heterocycles. The van der Waals surface area contributed by atoms with Crippen LogP contribution in [0, 0.1) is 11.3 Å². The number of rotatable bonds is 14. The summed E-state index contributed by atoms with van der Waals surface area (Å²) < 4.78 is 14.6. The molecule has 0 bridgehead atoms. The summed E-state index contributed by atoms with van der Waals surface area (Å²) in [4.78, 5) is 25.0. The van der Waals surface area contributed by atoms with Gasteiger partial charge in [-0.2, -0.15) is 5.26 Å². The molecule has 1 rings (SSSR count). The van der Waals surface area contributed by atoms with Crippen LogP contribution in [0.1, 0.15) is 73.1 Å². The lowest BCUT2D eigenvalue weighted by atomic mass is 10.1. The number of unbranched alkanes of at least 4 members (excludes halogenated alkanes) is 2. The van der Waals surface area contributed by atoms with E-state index in [0.717, 1.165) is 25.7 Å². The zero-order valence-electron chi connectivity index (χ0n) is 19.5. The standard InChI is InChI=1S/C21H39N4O5P/c1-16(2)25(17(3)4)31(29-13-9-11-22)30-19-14-18(5)24(15-19)20(26)10-7-6-8-12-23-21(27)28/h16-19,23H,6-10,12-15H2,1-5H3,(H,27,28)/t18-,19-,31?/m1/s1. The summed E-state index contributed by atoms with van der Waals surface area (Å²) in [5.41, 5.74) is 0. The summed E-state index contributed by atoms with van der Waals surface area (Å²) in [5.74, 6) is 0.115. The van der Waals surface area contributed by atoms with Crippen molar-refractivity contribution in [1.82, 2.24) is 14.9 Å². The molecular weight excluding hydrogens is 419 g/mol. The summed E-state index contributed by atoms with van der Waals surface area (Å²) in [7, 11) is -1.32. The highest BCUT2D eigenvalue weighted by Crippen LogP contribution is 2.48. The molecular formula is C21H39N4O5P. The van der Waals surface area contributed by atoms with Crippen LogP contribution < -0.4 is 5.32 Å². The molecule has 0 aromatic carbocycles. The summed E-state index contributed by atoms with van der Waals surface area (Å²) in [6.45, 7) is 11.7. The molecule has 10 heteroatoms. The molecule has 0 aromatic rings. The monoisotopic (exact) mass is 458 g/mol. The molecule has 1 aliphatic heterocycles. The van der Waals surface area contributed by atoms with Gasteiger partial charge in [-0.3, -0.25) is 4.79 Å². The highest BCUT2D eigenvalue weighted by atomic mass is 31.2. The molecule has 2 N–H and O–H groups in total. The highest BCUT2D eigenvalue weighted by Gasteiger charge is 2.37. The molecule has 3 atom stereocenters. The van der Waals surface area contributed by atoms with Crippen molar-refractivity contribution in [3.05, 3.63) is 0 Å². The third-order valence-corrected chi connectivity index (χ3v) is 7.28. The molecule has 1 saturated heterocycles. The van der Waals surface area contributed by atoms with Crippen LogP contribution in [0.5, 0.6) is 0 Å². The number of hydrogen-bond acceptors (Lipinski definition) is 6. The average molecular weight is 459 g/mol. The van der Waals surface area contributed by atoms with Crippen molar-refractivity contribution in [2.24, 2.45) is 0 Å². The number of amides is 2. The van der Waals surface area contributed by atoms with Crippen molar-refractivity contribution in [2.45, 2.75) is 97.4 Å². The number of nitriles is 1. The maximum Gasteiger partial charge on any atom is 0.404 e. The molecule has 0 radical (unpaired) electrons. The number of hydrogen-bond donors (Lipinski definition) is 2. The fourth-order valence-corrected chi connectivity index (χ4v) is 5.46. The van der Waals surface area contributed by atoms with Gasteiger partial charge in [0.25, 0.3) is 8.53 Å². The Morgan fingerprint density at radius 2 is 1.94 bits per heavy atom. The zero-order chi connectivity index (χ0) is 23.4. The molecule has 1 unspecified atom stereocenters. The van der Waals surface area contributed by atoms with Crippen LogP contribution in [-0.2, 0) is 13.8 Å². The number of carboxylic acid groups (broad SMARTS) is 1. The van der Waals surface area contributed by atoms with E-state index in [1.54, 1.807) is 0 Å². The fraction of sp³-hybridized carbons (Fsp3) is 0.857. The van der Waals surface area contributed by atoms with Crippen LogP contribution in [0.2, 0.25) is 0 Å². The minimum absolute atomic E-state index is 0.0908. The van der Waals surface area contributed by atoms with Crippen LogP contribution in [0.3, 0.4) is 0 Å². The van der Waals surface area contributed by atoms with Gasteiger partial charge in [0.15, 0.2) is 0 Å². The van der Waals surface area contributed by atoms with Crippen molar-refractivity contribution in [2.75, 3.05) is 19.7 Å². The Morgan fingerprint density at radius 1 is 1.26 bits per heavy atom. The molecule has 1 fully saturated rings. The number of likely N-dealkylation sites (tertiary alicyclic amines) is 1. The molecule has 1 heterocycles. The van der Waals surface area contributed by atoms with Gasteiger partial charge in [0.05, 0.1) is 25.2 Å². The second kappa shape index (κ2) is 14.6. The predicted molar refractivity (Wildman–Crippen MR) is 120 cm³/mol. The first-order chi connectivity index (χ1) is 14.7. The molecule has 2 amide bonds. The van der Waals surface area contributed by atoms with Gasteiger partial charge >= 0.3 is 6.09 Å². The highest BCUT2D eigenvalue weighted by molar-refractivity contribution is 7.44. The van der Waals surface area contributed by atoms with Gasteiger partial charge in [0.1, 0.15) is 0 Å². The van der Waals surface area contributed by atoms with Crippen molar-refractivity contribution in [3.8, 4) is 6.07 Å². The van der Waals surface area contributed by atoms with E-state index >= 15 is 0 Å². The lowest BCUT2D eigenvalue weighted by Gasteiger charge is -2.36. The zero-order valence-corrected chi connectivity index (χ0v) is 20.4. The lowest BCUT2D eigenvalue weighted by Crippen LogP contribution is -2.36. The molecule has 0 spiro atoms. The van der Waals surface area contributed by atoms with Gasteiger partial charge in [-0.05, 0) is 53.9 Å². The van der Waals surface area contributed by atoms with E-state index < -0.39 is 14.6 Å². The SMILES string of the molecule is CC(C)N(C(C)C)P(OCCC#N)O[C@@H]1C[C@@H](C)N(C(=O)CCCCCNC(=O)O)C1. The van der Waals surface area contributed by atoms with Crippen LogP contribution in [0.4, 0.5) is 4.79 Å². The second-order valence-electron chi connectivity index (χ2n) is 8.45. The van der Waals surface area contributed by atoms with Crippen molar-refractivity contribution in [1.29, 1.82) is 5.26 Å². The summed E-state index contributed by atoms with van der Waals surface area (Å²) >= 11 is 0. The van der Waals surface area contributed by atoms with E-state index in [1.807, 2.05) is 11.8 Å². The van der Waals surface area contributed by atoms with Gasteiger partial charge in [-0.25, -0.2) is 9.46 Å². The van der Waals surface area contributed by atoms with Crippen LogP contribution in [0.15, 0.2) is 0 Å². The third kappa shape index (κ3) is 10.1. The Hall–Kier alpha value is -1.46. The van der Waals surface area contributed by atoms with Crippen molar-refractivity contribution in [3.63, 3.8) is 0 Å². The van der Waals surface area contributed by atoms with E-state index in [-0.39, 0.29) is 30.1 Å². The Balaban J connectivity index is 2.57. The fourth-order valence-electron chi connectivity index (χ4n) is 3.74. The maximum absolute atomic E-state index is 12.7. The first-order valence-corrected chi connectivity index (χ1v) is 12.3. The number of carbonyl (C=O) groups excluding carboxylic acids is 1.